The summed E-state index contributed by atoms with van der Waals surface area (Å²) in [6, 6.07) is 5.24. The molecule has 7 nitrogen and oxygen atoms in total. The Morgan fingerprint density at radius 1 is 1.12 bits per heavy atom. The molecule has 1 aliphatic heterocycles. The molecule has 0 unspecified atom stereocenters. The van der Waals surface area contributed by atoms with Crippen LogP contribution in [0.15, 0.2) is 30.3 Å². The third-order valence-electron chi connectivity index (χ3n) is 7.99. The molecule has 1 aromatic carbocycles. The minimum absolute atomic E-state index is 0.0709. The predicted molar refractivity (Wildman–Crippen MR) is 152 cm³/mol. The van der Waals surface area contributed by atoms with E-state index in [4.69, 9.17) is 4.74 Å². The van der Waals surface area contributed by atoms with E-state index in [1.165, 1.54) is 28.9 Å². The van der Waals surface area contributed by atoms with E-state index in [-0.39, 0.29) is 48.3 Å². The Bertz CT molecular complexity index is 1280. The van der Waals surface area contributed by atoms with Crippen molar-refractivity contribution in [1.29, 1.82) is 0 Å². The fraction of sp³-hybridized carbons (Fsp3) is 0.645. The number of carbonyl (C=O) groups is 2. The van der Waals surface area contributed by atoms with Crippen LogP contribution in [0, 0.1) is 0 Å². The van der Waals surface area contributed by atoms with Crippen LogP contribution in [-0.2, 0) is 15.7 Å². The van der Waals surface area contributed by atoms with Gasteiger partial charge in [0, 0.05) is 24.1 Å². The second kappa shape index (κ2) is 12.9. The third kappa shape index (κ3) is 8.77. The largest absolute Gasteiger partial charge is 0.460 e. The van der Waals surface area contributed by atoms with Gasteiger partial charge in [0.2, 0.25) is 0 Å². The number of ether oxygens (including phenoxy) is 1. The Kier molecular flexibility index (Phi) is 9.88. The zero-order chi connectivity index (χ0) is 31.6. The van der Waals surface area contributed by atoms with E-state index in [1.54, 1.807) is 32.6 Å². The number of carbonyl (C=O) groups excluding carboxylic acids is 2. The highest BCUT2D eigenvalue weighted by Gasteiger charge is 2.38. The van der Waals surface area contributed by atoms with Gasteiger partial charge in [-0.25, -0.2) is 8.78 Å². The molecule has 2 heterocycles. The topological polar surface area (TPSA) is 76.5 Å². The highest BCUT2D eigenvalue weighted by atomic mass is 19.4. The van der Waals surface area contributed by atoms with E-state index in [0.29, 0.717) is 13.0 Å². The highest BCUT2D eigenvalue weighted by molar-refractivity contribution is 5.94. The van der Waals surface area contributed by atoms with Crippen LogP contribution < -0.4 is 5.32 Å². The highest BCUT2D eigenvalue weighted by Crippen LogP contribution is 2.40. The predicted octanol–water partition coefficient (Wildman–Crippen LogP) is 7.02. The van der Waals surface area contributed by atoms with E-state index in [2.05, 4.69) is 10.4 Å². The molecule has 1 saturated carbocycles. The molecule has 12 heteroatoms. The Balaban J connectivity index is 1.62. The number of nitrogens with one attached hydrogen (secondary N) is 1. The summed E-state index contributed by atoms with van der Waals surface area (Å²) in [5.41, 5.74) is -1.55. The number of benzene rings is 1. The lowest BCUT2D eigenvalue weighted by atomic mass is 9.99. The number of nitrogens with zero attached hydrogens (tertiary/aromatic N) is 3. The van der Waals surface area contributed by atoms with Crippen LogP contribution in [-0.4, -0.2) is 63.3 Å². The number of esters is 1. The first-order valence-electron chi connectivity index (χ1n) is 14.9. The van der Waals surface area contributed by atoms with Crippen molar-refractivity contribution in [1.82, 2.24) is 20.0 Å². The van der Waals surface area contributed by atoms with Gasteiger partial charge in [-0.15, -0.1) is 0 Å². The number of hydrogen-bond acceptors (Lipinski definition) is 5. The summed E-state index contributed by atoms with van der Waals surface area (Å²) in [5, 5.41) is 7.30. The minimum atomic E-state index is -4.61. The first-order chi connectivity index (χ1) is 20.0. The summed E-state index contributed by atoms with van der Waals surface area (Å²) in [6.07, 6.45) is -1.22. The summed E-state index contributed by atoms with van der Waals surface area (Å²) in [4.78, 5) is 28.0. The summed E-state index contributed by atoms with van der Waals surface area (Å²) in [5.74, 6) is -4.04. The standard InChI is InChI=1S/C31H41F5N4O3/c1-20(39-15-9-14-30(32,33)19-39)16-21(17-27(41)43-29(2,3)4)37-28(42)25-18-26(40(38-25)22-10-5-6-11-22)23-12-7-8-13-24(23)31(34,35)36/h7-8,12-13,18,20-22H,5-6,9-11,14-17,19H2,1-4H3,(H,37,42)/t20-,21-/m0/s1. The van der Waals surface area contributed by atoms with Gasteiger partial charge in [-0.3, -0.25) is 19.2 Å². The van der Waals surface area contributed by atoms with Crippen molar-refractivity contribution in [2.24, 2.45) is 0 Å². The minimum Gasteiger partial charge on any atom is -0.460 e. The van der Waals surface area contributed by atoms with Crippen molar-refractivity contribution in [2.45, 2.75) is 115 Å². The molecule has 1 N–H and O–H groups in total. The Morgan fingerprint density at radius 2 is 1.79 bits per heavy atom. The number of piperidine rings is 1. The molecule has 2 atom stereocenters. The van der Waals surface area contributed by atoms with Crippen LogP contribution in [0.25, 0.3) is 11.3 Å². The van der Waals surface area contributed by atoms with Gasteiger partial charge in [-0.2, -0.15) is 18.3 Å². The Labute approximate surface area is 249 Å². The lowest BCUT2D eigenvalue weighted by Crippen LogP contribution is -2.49. The van der Waals surface area contributed by atoms with Crippen molar-refractivity contribution in [2.75, 3.05) is 13.1 Å². The first-order valence-corrected chi connectivity index (χ1v) is 14.9. The second-order valence-corrected chi connectivity index (χ2v) is 12.8. The van der Waals surface area contributed by atoms with Gasteiger partial charge in [0.05, 0.1) is 30.3 Å². The smallest absolute Gasteiger partial charge is 0.417 e. The number of hydrogen-bond donors (Lipinski definition) is 1. The molecule has 1 saturated heterocycles. The van der Waals surface area contributed by atoms with E-state index in [1.807, 2.05) is 0 Å². The lowest BCUT2D eigenvalue weighted by Gasteiger charge is -2.37. The zero-order valence-corrected chi connectivity index (χ0v) is 25.1. The Hall–Kier alpha value is -3.02. The SMILES string of the molecule is C[C@@H](C[C@@H](CC(=O)OC(C)(C)C)NC(=O)c1cc(-c2ccccc2C(F)(F)F)n(C2CCCC2)n1)N1CCCC(F)(F)C1. The number of alkyl halides is 5. The van der Waals surface area contributed by atoms with E-state index in [0.717, 1.165) is 31.7 Å². The van der Waals surface area contributed by atoms with Gasteiger partial charge in [0.1, 0.15) is 5.60 Å². The van der Waals surface area contributed by atoms with Crippen molar-refractivity contribution in [3.63, 3.8) is 0 Å². The monoisotopic (exact) mass is 612 g/mol. The van der Waals surface area contributed by atoms with E-state index >= 15 is 0 Å². The summed E-state index contributed by atoms with van der Waals surface area (Å²) in [6.45, 7) is 6.98. The molecule has 0 radical (unpaired) electrons. The number of rotatable bonds is 9. The molecule has 1 aromatic heterocycles. The molecule has 2 aliphatic rings. The molecule has 2 fully saturated rings. The average molecular weight is 613 g/mol. The van der Waals surface area contributed by atoms with Crippen molar-refractivity contribution >= 4 is 11.9 Å². The fourth-order valence-electron chi connectivity index (χ4n) is 6.06. The molecule has 0 bridgehead atoms. The van der Waals surface area contributed by atoms with Crippen LogP contribution >= 0.6 is 0 Å². The maximum atomic E-state index is 14.1. The van der Waals surface area contributed by atoms with Gasteiger partial charge < -0.3 is 10.1 Å². The van der Waals surface area contributed by atoms with Gasteiger partial charge in [-0.1, -0.05) is 31.0 Å². The molecule has 238 valence electrons. The molecule has 2 aromatic rings. The van der Waals surface area contributed by atoms with Crippen molar-refractivity contribution in [3.8, 4) is 11.3 Å². The van der Waals surface area contributed by atoms with Crippen LogP contribution in [0.2, 0.25) is 0 Å². The molecule has 43 heavy (non-hydrogen) atoms. The normalized spacial score (nSPS) is 19.7. The summed E-state index contributed by atoms with van der Waals surface area (Å²) in [7, 11) is 0. The molecule has 0 spiro atoms. The van der Waals surface area contributed by atoms with Crippen LogP contribution in [0.4, 0.5) is 22.0 Å². The number of aromatic nitrogens is 2. The number of likely N-dealkylation sites (tertiary alicyclic amines) is 1. The number of halogens is 5. The Morgan fingerprint density at radius 3 is 2.42 bits per heavy atom. The van der Waals surface area contributed by atoms with Crippen LogP contribution in [0.3, 0.4) is 0 Å². The molecular weight excluding hydrogens is 571 g/mol. The maximum absolute atomic E-state index is 14.1. The van der Waals surface area contributed by atoms with E-state index < -0.39 is 47.7 Å². The van der Waals surface area contributed by atoms with Gasteiger partial charge >= 0.3 is 12.1 Å². The molecular formula is C31H41F5N4O3. The van der Waals surface area contributed by atoms with Gasteiger partial charge in [0.15, 0.2) is 5.69 Å². The quantitative estimate of drug-likeness (QED) is 0.243. The fourth-order valence-corrected chi connectivity index (χ4v) is 6.06. The summed E-state index contributed by atoms with van der Waals surface area (Å²) >= 11 is 0. The van der Waals surface area contributed by atoms with Gasteiger partial charge in [-0.05, 0) is 72.1 Å². The molecule has 1 amide bonds. The van der Waals surface area contributed by atoms with E-state index in [9.17, 15) is 31.5 Å². The van der Waals surface area contributed by atoms with Crippen molar-refractivity contribution in [3.05, 3.63) is 41.6 Å². The summed E-state index contributed by atoms with van der Waals surface area (Å²) < 4.78 is 77.0. The first kappa shape index (κ1) is 32.9. The third-order valence-corrected chi connectivity index (χ3v) is 7.99. The zero-order valence-electron chi connectivity index (χ0n) is 25.1. The van der Waals surface area contributed by atoms with Gasteiger partial charge in [0.25, 0.3) is 11.8 Å². The average Bonchev–Trinajstić information content (AvgIpc) is 3.57. The van der Waals surface area contributed by atoms with Crippen LogP contribution in [0.1, 0.15) is 101 Å². The number of amides is 1. The molecule has 1 aliphatic carbocycles. The van der Waals surface area contributed by atoms with Crippen molar-refractivity contribution < 1.29 is 36.3 Å². The van der Waals surface area contributed by atoms with Crippen LogP contribution in [0.5, 0.6) is 0 Å². The second-order valence-electron chi connectivity index (χ2n) is 12.8. The molecule has 4 rings (SSSR count). The maximum Gasteiger partial charge on any atom is 0.417 e. The lowest BCUT2D eigenvalue weighted by molar-refractivity contribution is -0.155.